The minimum atomic E-state index is -1.80. The first-order valence-corrected chi connectivity index (χ1v) is 26.5. The zero-order valence-corrected chi connectivity index (χ0v) is 46.3. The summed E-state index contributed by atoms with van der Waals surface area (Å²) in [7, 11) is 0. The van der Waals surface area contributed by atoms with Gasteiger partial charge >= 0.3 is 0 Å². The standard InChI is InChI=1S/C47H79Cl2N17O13/c1-6-26-37(69)58-27(7-12-50)38(70)60-29(9-14-52)41(73)65-34(22(4)67)45(77)55-16-11-31(40(72)59-28(8-13-51)39(71)63-32(17-21(2)3)43(75)57-26)61-44(76)33(19-54)64-46(78)35(23(5)68)66-42(74)30(10-15-53)62-47(79)36-25(49)18-24(48)20-56-36/h18,20-23,26-35,67-68H,6-17,19,50-54H2,1-5H3,(H,55,77)(H,57,75)(H,58,69)(H,59,72)(H,60,70)(H,61,76)(H,62,79)(H,63,71)(H,64,78)(H,65,73)(H,66,74)/t22-,23?,26?,27+,28?,29+,30?,31?,32?,33?,34?,35+/m1/s1. The Hall–Kier alpha value is -6.38. The van der Waals surface area contributed by atoms with Gasteiger partial charge in [0, 0.05) is 19.3 Å². The van der Waals surface area contributed by atoms with Crippen LogP contribution in [-0.4, -0.2) is 192 Å². The van der Waals surface area contributed by atoms with Crippen LogP contribution in [0, 0.1) is 5.92 Å². The van der Waals surface area contributed by atoms with Crippen LogP contribution in [0.15, 0.2) is 12.3 Å². The van der Waals surface area contributed by atoms with Gasteiger partial charge in [-0.2, -0.15) is 0 Å². The molecule has 0 radical (unpaired) electrons. The Labute approximate surface area is 467 Å². The molecular weight excluding hydrogens is 1080 g/mol. The lowest BCUT2D eigenvalue weighted by Crippen LogP contribution is -2.63. The fourth-order valence-electron chi connectivity index (χ4n) is 7.77. The lowest BCUT2D eigenvalue weighted by Gasteiger charge is -2.28. The molecule has 0 spiro atoms. The highest BCUT2D eigenvalue weighted by Gasteiger charge is 2.37. The van der Waals surface area contributed by atoms with E-state index in [0.717, 1.165) is 13.1 Å². The molecule has 1 aromatic rings. The van der Waals surface area contributed by atoms with E-state index in [9.17, 15) is 63.0 Å². The van der Waals surface area contributed by atoms with Crippen LogP contribution in [0.25, 0.3) is 0 Å². The Balaban J connectivity index is 2.59. The number of pyridine rings is 1. The van der Waals surface area contributed by atoms with E-state index in [2.05, 4.69) is 63.5 Å². The molecule has 1 aromatic heterocycles. The molecule has 23 N–H and O–H groups in total. The molecule has 8 unspecified atom stereocenters. The van der Waals surface area contributed by atoms with Gasteiger partial charge in [-0.3, -0.25) is 52.7 Å². The number of nitrogens with zero attached hydrogens (tertiary/aromatic N) is 1. The molecule has 2 rings (SSSR count). The van der Waals surface area contributed by atoms with Crippen molar-refractivity contribution in [3.8, 4) is 0 Å². The van der Waals surface area contributed by atoms with Crippen molar-refractivity contribution < 1.29 is 63.0 Å². The van der Waals surface area contributed by atoms with Crippen molar-refractivity contribution in [2.24, 2.45) is 34.6 Å². The normalized spacial score (nSPS) is 23.3. The van der Waals surface area contributed by atoms with Gasteiger partial charge in [-0.05, 0) is 97.0 Å². The number of nitrogens with one attached hydrogen (secondary N) is 11. The van der Waals surface area contributed by atoms with Gasteiger partial charge in [0.05, 0.1) is 22.3 Å². The van der Waals surface area contributed by atoms with Crippen molar-refractivity contribution in [1.29, 1.82) is 0 Å². The number of carbonyl (C=O) groups is 11. The quantitative estimate of drug-likeness (QED) is 0.0513. The van der Waals surface area contributed by atoms with Gasteiger partial charge < -0.3 is 97.4 Å². The number of rotatable bonds is 22. The maximum absolute atomic E-state index is 14.3. The molecule has 1 saturated heterocycles. The van der Waals surface area contributed by atoms with Crippen molar-refractivity contribution >= 4 is 88.2 Å². The number of carbonyl (C=O) groups excluding carboxylic acids is 11. The minimum Gasteiger partial charge on any atom is -0.391 e. The van der Waals surface area contributed by atoms with Crippen LogP contribution in [-0.2, 0) is 47.9 Å². The van der Waals surface area contributed by atoms with Gasteiger partial charge in [0.15, 0.2) is 0 Å². The lowest BCUT2D eigenvalue weighted by molar-refractivity contribution is -0.136. The number of hydrogen-bond donors (Lipinski definition) is 18. The van der Waals surface area contributed by atoms with E-state index >= 15 is 0 Å². The van der Waals surface area contributed by atoms with Crippen molar-refractivity contribution in [2.45, 2.75) is 152 Å². The molecule has 0 aliphatic carbocycles. The predicted octanol–water partition coefficient (Wildman–Crippen LogP) is -7.06. The molecule has 1 aliphatic rings. The van der Waals surface area contributed by atoms with Gasteiger partial charge in [0.1, 0.15) is 66.1 Å². The zero-order chi connectivity index (χ0) is 59.7. The summed E-state index contributed by atoms with van der Waals surface area (Å²) in [4.78, 5) is 155. The molecule has 30 nitrogen and oxygen atoms in total. The number of aliphatic hydroxyl groups excluding tert-OH is 2. The molecule has 11 amide bonds. The maximum atomic E-state index is 14.3. The highest BCUT2D eigenvalue weighted by Crippen LogP contribution is 2.19. The fraction of sp³-hybridized carbons (Fsp3) is 0.660. The van der Waals surface area contributed by atoms with Crippen molar-refractivity contribution in [3.63, 3.8) is 0 Å². The summed E-state index contributed by atoms with van der Waals surface area (Å²) in [6.07, 6.45) is -3.24. The van der Waals surface area contributed by atoms with Crippen molar-refractivity contribution in [3.05, 3.63) is 28.0 Å². The molecular formula is C47H79Cl2N17O13. The topological polar surface area (TPSA) is 504 Å². The highest BCUT2D eigenvalue weighted by molar-refractivity contribution is 6.36. The lowest BCUT2D eigenvalue weighted by atomic mass is 10.0. The molecule has 2 heterocycles. The number of aromatic nitrogens is 1. The summed E-state index contributed by atoms with van der Waals surface area (Å²) in [5.74, 6) is -10.9. The highest BCUT2D eigenvalue weighted by atomic mass is 35.5. The number of hydrogen-bond acceptors (Lipinski definition) is 19. The first-order valence-electron chi connectivity index (χ1n) is 25.8. The molecule has 444 valence electrons. The van der Waals surface area contributed by atoms with Crippen LogP contribution in [0.2, 0.25) is 10.0 Å². The predicted molar refractivity (Wildman–Crippen MR) is 287 cm³/mol. The van der Waals surface area contributed by atoms with Crippen LogP contribution in [0.3, 0.4) is 0 Å². The molecule has 0 aromatic carbocycles. The van der Waals surface area contributed by atoms with Gasteiger partial charge in [-0.1, -0.05) is 44.0 Å². The fourth-order valence-corrected chi connectivity index (χ4v) is 8.24. The van der Waals surface area contributed by atoms with E-state index in [1.807, 2.05) is 0 Å². The number of nitrogens with two attached hydrogens (primary N) is 5. The minimum absolute atomic E-state index is 0.000863. The second-order valence-electron chi connectivity index (χ2n) is 19.1. The Morgan fingerprint density at radius 3 is 1.63 bits per heavy atom. The Morgan fingerprint density at radius 1 is 0.646 bits per heavy atom. The zero-order valence-electron chi connectivity index (χ0n) is 44.8. The monoisotopic (exact) mass is 1160 g/mol. The third-order valence-electron chi connectivity index (χ3n) is 12.1. The third-order valence-corrected chi connectivity index (χ3v) is 12.6. The second kappa shape index (κ2) is 34.6. The van der Waals surface area contributed by atoms with E-state index in [1.165, 1.54) is 13.0 Å². The SMILES string of the molecule is CCC1NC(=O)C(CC(C)C)NC(=O)C(CCN)NC(=O)C(NC(=O)C(CN)NC(=O)[C@@H](NC(=O)C(CCN)NC(=O)c2ncc(Cl)cc2Cl)C(C)O)CCNC(=O)C([C@@H](C)O)NC(=O)[C@H](CCN)NC(=O)[C@H](CCN)NC1=O. The number of halogens is 2. The Morgan fingerprint density at radius 2 is 1.15 bits per heavy atom. The molecule has 79 heavy (non-hydrogen) atoms. The van der Waals surface area contributed by atoms with Crippen LogP contribution < -0.4 is 87.2 Å². The summed E-state index contributed by atoms with van der Waals surface area (Å²) in [6, 6.07) is -13.9. The third kappa shape index (κ3) is 22.4. The van der Waals surface area contributed by atoms with E-state index in [1.54, 1.807) is 20.8 Å². The smallest absolute Gasteiger partial charge is 0.272 e. The largest absolute Gasteiger partial charge is 0.391 e. The Bertz CT molecular complexity index is 2280. The number of aliphatic hydroxyl groups is 2. The number of amides is 11. The van der Waals surface area contributed by atoms with E-state index in [0.29, 0.717) is 0 Å². The second-order valence-corrected chi connectivity index (χ2v) is 19.9. The van der Waals surface area contributed by atoms with Crippen LogP contribution in [0.1, 0.15) is 90.1 Å². The van der Waals surface area contributed by atoms with Crippen molar-refractivity contribution in [1.82, 2.24) is 63.5 Å². The summed E-state index contributed by atoms with van der Waals surface area (Å²) in [6.45, 7) is 5.67. The summed E-state index contributed by atoms with van der Waals surface area (Å²) < 4.78 is 0. The summed E-state index contributed by atoms with van der Waals surface area (Å²) in [5, 5.41) is 48.3. The molecule has 1 fully saturated rings. The van der Waals surface area contributed by atoms with Gasteiger partial charge in [-0.15, -0.1) is 0 Å². The van der Waals surface area contributed by atoms with Crippen LogP contribution in [0.4, 0.5) is 0 Å². The molecule has 32 heteroatoms. The molecule has 12 atom stereocenters. The molecule has 1 aliphatic heterocycles. The summed E-state index contributed by atoms with van der Waals surface area (Å²) >= 11 is 12.0. The van der Waals surface area contributed by atoms with Gasteiger partial charge in [0.25, 0.3) is 5.91 Å². The van der Waals surface area contributed by atoms with Gasteiger partial charge in [0.2, 0.25) is 59.1 Å². The molecule has 0 bridgehead atoms. The van der Waals surface area contributed by atoms with Crippen LogP contribution in [0.5, 0.6) is 0 Å². The summed E-state index contributed by atoms with van der Waals surface area (Å²) in [5.41, 5.74) is 28.8. The van der Waals surface area contributed by atoms with Gasteiger partial charge in [-0.25, -0.2) is 4.98 Å². The Kier molecular flexibility index (Phi) is 30.1. The molecule has 0 saturated carbocycles. The first-order chi connectivity index (χ1) is 37.3. The van der Waals surface area contributed by atoms with Crippen LogP contribution >= 0.6 is 23.2 Å². The average molecular weight is 1160 g/mol. The van der Waals surface area contributed by atoms with E-state index < -0.39 is 157 Å². The maximum Gasteiger partial charge on any atom is 0.272 e. The van der Waals surface area contributed by atoms with Crippen molar-refractivity contribution in [2.75, 3.05) is 39.3 Å². The van der Waals surface area contributed by atoms with E-state index in [-0.39, 0.29) is 86.4 Å². The van der Waals surface area contributed by atoms with E-state index in [4.69, 9.17) is 51.9 Å². The average Bonchev–Trinajstić information content (AvgIpc) is 3.38. The first kappa shape index (κ1) is 68.7.